The number of aromatic nitrogens is 1. The van der Waals surface area contributed by atoms with Gasteiger partial charge in [-0.2, -0.15) is 0 Å². The molecule has 3 heterocycles. The zero-order valence-electron chi connectivity index (χ0n) is 18.2. The lowest BCUT2D eigenvalue weighted by atomic mass is 9.78. The van der Waals surface area contributed by atoms with Gasteiger partial charge in [0.2, 0.25) is 0 Å². The number of nitrogens with zero attached hydrogens (tertiary/aromatic N) is 3. The van der Waals surface area contributed by atoms with Crippen LogP contribution in [0, 0.1) is 11.8 Å². The van der Waals surface area contributed by atoms with Crippen molar-refractivity contribution >= 4 is 5.82 Å². The number of rotatable bonds is 6. The topological polar surface area (TPSA) is 41.7 Å². The Balaban J connectivity index is 1.55. The Kier molecular flexibility index (Phi) is 6.52. The lowest BCUT2D eigenvalue weighted by molar-refractivity contribution is -0.0181. The number of piperidine rings is 2. The van der Waals surface area contributed by atoms with E-state index in [4.69, 9.17) is 9.26 Å². The highest BCUT2D eigenvalue weighted by atomic mass is 16.5. The molecule has 0 aromatic carbocycles. The second-order valence-electron chi connectivity index (χ2n) is 9.46. The fourth-order valence-corrected chi connectivity index (χ4v) is 4.71. The molecule has 5 nitrogen and oxygen atoms in total. The molecule has 2 fully saturated rings. The maximum absolute atomic E-state index is 5.64. The molecule has 0 radical (unpaired) electrons. The molecule has 3 rings (SSSR count). The Labute approximate surface area is 165 Å². The third kappa shape index (κ3) is 4.51. The van der Waals surface area contributed by atoms with E-state index in [9.17, 15) is 0 Å². The lowest BCUT2D eigenvalue weighted by Gasteiger charge is -2.49. The Morgan fingerprint density at radius 2 is 1.70 bits per heavy atom. The zero-order chi connectivity index (χ0) is 19.6. The summed E-state index contributed by atoms with van der Waals surface area (Å²) in [5.41, 5.74) is 0.256. The third-order valence-corrected chi connectivity index (χ3v) is 7.37. The number of anilines is 1. The van der Waals surface area contributed by atoms with Crippen molar-refractivity contribution in [2.45, 2.75) is 77.9 Å². The smallest absolute Gasteiger partial charge is 0.172 e. The lowest BCUT2D eigenvalue weighted by Crippen LogP contribution is -2.55. The van der Waals surface area contributed by atoms with E-state index in [1.165, 1.54) is 12.8 Å². The van der Waals surface area contributed by atoms with Crippen LogP contribution in [-0.4, -0.2) is 55.0 Å². The predicted molar refractivity (Wildman–Crippen MR) is 110 cm³/mol. The molecule has 1 aromatic rings. The Hall–Kier alpha value is -1.07. The van der Waals surface area contributed by atoms with Gasteiger partial charge in [-0.15, -0.1) is 0 Å². The largest absolute Gasteiger partial charge is 0.381 e. The molecule has 5 heteroatoms. The van der Waals surface area contributed by atoms with E-state index >= 15 is 0 Å². The molecule has 1 unspecified atom stereocenters. The van der Waals surface area contributed by atoms with Gasteiger partial charge in [-0.25, -0.2) is 0 Å². The predicted octanol–water partition coefficient (Wildman–Crippen LogP) is 4.54. The molecule has 1 atom stereocenters. The monoisotopic (exact) mass is 377 g/mol. The second kappa shape index (κ2) is 8.52. The van der Waals surface area contributed by atoms with Crippen LogP contribution in [0.3, 0.4) is 0 Å². The standard InChI is InChI=1S/C22H39N3O2/c1-16(2)17(3)20-15-21(23-27-20)24-11-7-18(8-12-24)22(4,5)25-13-9-19(26-6)10-14-25/h15-19H,7-14H2,1-6H3. The minimum absolute atomic E-state index is 0.256. The minimum Gasteiger partial charge on any atom is -0.381 e. The summed E-state index contributed by atoms with van der Waals surface area (Å²) in [6.07, 6.45) is 5.22. The van der Waals surface area contributed by atoms with Crippen molar-refractivity contribution in [1.29, 1.82) is 0 Å². The van der Waals surface area contributed by atoms with E-state index < -0.39 is 0 Å². The van der Waals surface area contributed by atoms with Gasteiger partial charge in [0.05, 0.1) is 6.10 Å². The summed E-state index contributed by atoms with van der Waals surface area (Å²) in [5, 5.41) is 4.36. The highest BCUT2D eigenvalue weighted by Crippen LogP contribution is 2.36. The molecule has 0 bridgehead atoms. The maximum atomic E-state index is 5.64. The molecule has 0 amide bonds. The molecule has 1 aromatic heterocycles. The molecular formula is C22H39N3O2. The summed E-state index contributed by atoms with van der Waals surface area (Å²) in [5.74, 6) is 3.75. The SMILES string of the molecule is COC1CCN(C(C)(C)C2CCN(c3cc(C(C)C(C)C)on3)CC2)CC1. The van der Waals surface area contributed by atoms with Crippen molar-refractivity contribution in [3.8, 4) is 0 Å². The van der Waals surface area contributed by atoms with Gasteiger partial charge in [-0.05, 0) is 51.4 Å². The summed E-state index contributed by atoms with van der Waals surface area (Å²) >= 11 is 0. The van der Waals surface area contributed by atoms with Gasteiger partial charge in [0.25, 0.3) is 0 Å². The van der Waals surface area contributed by atoms with E-state index in [1.54, 1.807) is 0 Å². The molecule has 154 valence electrons. The van der Waals surface area contributed by atoms with Crippen LogP contribution in [0.25, 0.3) is 0 Å². The molecular weight excluding hydrogens is 338 g/mol. The van der Waals surface area contributed by atoms with Gasteiger partial charge in [-0.3, -0.25) is 4.90 Å². The molecule has 0 saturated carbocycles. The van der Waals surface area contributed by atoms with Crippen LogP contribution in [0.5, 0.6) is 0 Å². The van der Waals surface area contributed by atoms with Crippen LogP contribution < -0.4 is 4.90 Å². The van der Waals surface area contributed by atoms with Gasteiger partial charge in [0.1, 0.15) is 5.76 Å². The first-order valence-electron chi connectivity index (χ1n) is 10.8. The van der Waals surface area contributed by atoms with E-state index in [0.29, 0.717) is 17.9 Å². The molecule has 2 aliphatic rings. The van der Waals surface area contributed by atoms with Gasteiger partial charge in [0, 0.05) is 50.8 Å². The fraction of sp³-hybridized carbons (Fsp3) is 0.864. The van der Waals surface area contributed by atoms with E-state index in [0.717, 1.165) is 56.5 Å². The number of ether oxygens (including phenoxy) is 1. The van der Waals surface area contributed by atoms with E-state index in [2.05, 4.69) is 55.6 Å². The summed E-state index contributed by atoms with van der Waals surface area (Å²) in [6, 6.07) is 2.16. The summed E-state index contributed by atoms with van der Waals surface area (Å²) in [6.45, 7) is 16.0. The molecule has 2 saturated heterocycles. The van der Waals surface area contributed by atoms with Crippen LogP contribution in [0.1, 0.15) is 72.0 Å². The third-order valence-electron chi connectivity index (χ3n) is 7.37. The highest BCUT2D eigenvalue weighted by Gasteiger charge is 2.39. The summed E-state index contributed by atoms with van der Waals surface area (Å²) < 4.78 is 11.2. The van der Waals surface area contributed by atoms with Gasteiger partial charge < -0.3 is 14.2 Å². The quantitative estimate of drug-likeness (QED) is 0.728. The average Bonchev–Trinajstić information content (AvgIpc) is 3.17. The normalized spacial score (nSPS) is 22.6. The van der Waals surface area contributed by atoms with Crippen LogP contribution in [0.15, 0.2) is 10.6 Å². The molecule has 2 aliphatic heterocycles. The Bertz CT molecular complexity index is 582. The zero-order valence-corrected chi connectivity index (χ0v) is 18.2. The highest BCUT2D eigenvalue weighted by molar-refractivity contribution is 5.39. The van der Waals surface area contributed by atoms with Gasteiger partial charge in [0.15, 0.2) is 5.82 Å². The average molecular weight is 378 g/mol. The molecule has 27 heavy (non-hydrogen) atoms. The molecule has 0 spiro atoms. The van der Waals surface area contributed by atoms with Gasteiger partial charge >= 0.3 is 0 Å². The maximum Gasteiger partial charge on any atom is 0.172 e. The van der Waals surface area contributed by atoms with Crippen LogP contribution in [-0.2, 0) is 4.74 Å². The summed E-state index contributed by atoms with van der Waals surface area (Å²) in [4.78, 5) is 5.10. The first-order valence-corrected chi connectivity index (χ1v) is 10.8. The van der Waals surface area contributed by atoms with Crippen molar-refractivity contribution < 1.29 is 9.26 Å². The van der Waals surface area contributed by atoms with Crippen molar-refractivity contribution in [1.82, 2.24) is 10.1 Å². The van der Waals surface area contributed by atoms with Crippen LogP contribution >= 0.6 is 0 Å². The number of hydrogen-bond donors (Lipinski definition) is 0. The Morgan fingerprint density at radius 1 is 1.07 bits per heavy atom. The van der Waals surface area contributed by atoms with Crippen molar-refractivity contribution in [2.24, 2.45) is 11.8 Å². The van der Waals surface area contributed by atoms with Crippen molar-refractivity contribution in [2.75, 3.05) is 38.2 Å². The fourth-order valence-electron chi connectivity index (χ4n) is 4.71. The minimum atomic E-state index is 0.256. The number of hydrogen-bond acceptors (Lipinski definition) is 5. The Morgan fingerprint density at radius 3 is 2.26 bits per heavy atom. The molecule has 0 aliphatic carbocycles. The molecule has 0 N–H and O–H groups in total. The van der Waals surface area contributed by atoms with Crippen LogP contribution in [0.4, 0.5) is 5.82 Å². The first-order chi connectivity index (χ1) is 12.8. The van der Waals surface area contributed by atoms with E-state index in [-0.39, 0.29) is 5.54 Å². The first kappa shape index (κ1) is 20.7. The van der Waals surface area contributed by atoms with E-state index in [1.807, 2.05) is 7.11 Å². The van der Waals surface area contributed by atoms with Gasteiger partial charge in [-0.1, -0.05) is 25.9 Å². The second-order valence-corrected chi connectivity index (χ2v) is 9.46. The number of methoxy groups -OCH3 is 1. The van der Waals surface area contributed by atoms with Crippen LogP contribution in [0.2, 0.25) is 0 Å². The number of likely N-dealkylation sites (tertiary alicyclic amines) is 1. The van der Waals surface area contributed by atoms with Crippen molar-refractivity contribution in [3.63, 3.8) is 0 Å². The summed E-state index contributed by atoms with van der Waals surface area (Å²) in [7, 11) is 1.85. The van der Waals surface area contributed by atoms with Crippen molar-refractivity contribution in [3.05, 3.63) is 11.8 Å².